The lowest BCUT2D eigenvalue weighted by Gasteiger charge is -2.34. The molecular weight excluding hydrogens is 905 g/mol. The molecule has 0 unspecified atom stereocenters. The van der Waals surface area contributed by atoms with Crippen molar-refractivity contribution >= 4 is 59.6 Å². The summed E-state index contributed by atoms with van der Waals surface area (Å²) in [7, 11) is 0. The molecule has 2 saturated carbocycles. The number of primary amides is 2. The number of ether oxygens (including phenoxy) is 1. The molecule has 6 fully saturated rings. The quantitative estimate of drug-likeness (QED) is 0.154. The van der Waals surface area contributed by atoms with Crippen molar-refractivity contribution in [3.63, 3.8) is 0 Å². The van der Waals surface area contributed by atoms with Crippen molar-refractivity contribution in [3.8, 4) is 0 Å². The Kier molecular flexibility index (Phi) is 20.4. The van der Waals surface area contributed by atoms with Crippen LogP contribution < -0.4 is 33.2 Å². The maximum atomic E-state index is 13.8. The van der Waals surface area contributed by atoms with Gasteiger partial charge in [0.1, 0.15) is 23.7 Å². The number of hydrogen-bond acceptors (Lipinski definition) is 12. The van der Waals surface area contributed by atoms with Gasteiger partial charge in [-0.15, -0.1) is 0 Å². The summed E-state index contributed by atoms with van der Waals surface area (Å²) in [5, 5.41) is 15.2. The third-order valence-corrected chi connectivity index (χ3v) is 15.6. The lowest BCUT2D eigenvalue weighted by atomic mass is 9.97. The Morgan fingerprint density at radius 2 is 0.971 bits per heavy atom. The molecule has 70 heavy (non-hydrogen) atoms. The summed E-state index contributed by atoms with van der Waals surface area (Å²) < 4.78 is 5.41. The molecule has 10 N–H and O–H groups in total. The van der Waals surface area contributed by atoms with Crippen LogP contribution in [0.2, 0.25) is 0 Å². The van der Waals surface area contributed by atoms with E-state index in [-0.39, 0.29) is 58.7 Å². The summed E-state index contributed by atoms with van der Waals surface area (Å²) in [4.78, 5) is 126. The number of nitrogens with zero attached hydrogens (tertiary/aromatic N) is 2. The number of amides is 7. The van der Waals surface area contributed by atoms with Crippen LogP contribution >= 0.6 is 0 Å². The molecular formula is C50H82N8O12. The van der Waals surface area contributed by atoms with E-state index in [0.29, 0.717) is 45.2 Å². The smallest absolute Gasteiger partial charge is 0.408 e. The van der Waals surface area contributed by atoms with E-state index in [0.717, 1.165) is 83.5 Å². The third-order valence-electron chi connectivity index (χ3n) is 15.6. The second-order valence-corrected chi connectivity index (χ2v) is 22.4. The van der Waals surface area contributed by atoms with Crippen LogP contribution in [0.15, 0.2) is 0 Å². The monoisotopic (exact) mass is 987 g/mol. The Bertz CT molecular complexity index is 1940. The van der Waals surface area contributed by atoms with E-state index in [1.54, 1.807) is 30.6 Å². The average molecular weight is 987 g/mol. The number of alkyl carbamates (subject to hydrolysis) is 1. The van der Waals surface area contributed by atoms with E-state index in [2.05, 4.69) is 43.6 Å². The minimum Gasteiger partial charge on any atom is -0.483 e. The number of carbonyl (C=O) groups is 10. The number of rotatable bonds is 5. The fourth-order valence-corrected chi connectivity index (χ4v) is 11.4. The maximum absolute atomic E-state index is 13.8. The molecule has 20 heteroatoms. The summed E-state index contributed by atoms with van der Waals surface area (Å²) in [6.45, 7) is 14.3. The van der Waals surface area contributed by atoms with Gasteiger partial charge >= 0.3 is 6.09 Å². The van der Waals surface area contributed by atoms with Gasteiger partial charge in [-0.05, 0) is 81.0 Å². The van der Waals surface area contributed by atoms with E-state index < -0.39 is 77.2 Å². The van der Waals surface area contributed by atoms with Crippen molar-refractivity contribution in [1.82, 2.24) is 25.8 Å². The van der Waals surface area contributed by atoms with Crippen LogP contribution in [0.4, 0.5) is 4.79 Å². The van der Waals surface area contributed by atoms with Gasteiger partial charge in [-0.25, -0.2) is 4.79 Å². The Balaban J connectivity index is 0.000000294. The number of hydrogen-bond donors (Lipinski definition) is 7. The van der Waals surface area contributed by atoms with Gasteiger partial charge in [-0.3, -0.25) is 43.2 Å². The van der Waals surface area contributed by atoms with Crippen molar-refractivity contribution in [3.05, 3.63) is 0 Å². The Morgan fingerprint density at radius 3 is 1.34 bits per heavy atom. The van der Waals surface area contributed by atoms with Crippen LogP contribution in [0.3, 0.4) is 0 Å². The first-order valence-corrected chi connectivity index (χ1v) is 25.5. The third kappa shape index (κ3) is 14.7. The van der Waals surface area contributed by atoms with E-state index in [1.165, 1.54) is 0 Å². The second-order valence-electron chi connectivity index (χ2n) is 22.4. The topological polar surface area (TPSA) is 321 Å². The fraction of sp³-hybridized carbons (Fsp3) is 0.800. The molecule has 0 spiro atoms. The van der Waals surface area contributed by atoms with Gasteiger partial charge in [-0.2, -0.15) is 0 Å². The molecule has 20 nitrogen and oxygen atoms in total. The highest BCUT2D eigenvalue weighted by Crippen LogP contribution is 2.66. The van der Waals surface area contributed by atoms with Crippen LogP contribution in [0.25, 0.3) is 0 Å². The predicted molar refractivity (Wildman–Crippen MR) is 258 cm³/mol. The Hall–Kier alpha value is -5.14. The molecule has 394 valence electrons. The van der Waals surface area contributed by atoms with E-state index in [1.807, 2.05) is 0 Å². The van der Waals surface area contributed by atoms with Crippen LogP contribution in [0, 0.1) is 34.5 Å². The minimum absolute atomic E-state index is 0.0348. The second kappa shape index (κ2) is 24.8. The van der Waals surface area contributed by atoms with Crippen molar-refractivity contribution in [1.29, 1.82) is 0 Å². The number of ketones is 2. The van der Waals surface area contributed by atoms with E-state index in [4.69, 9.17) is 31.8 Å². The number of Topliss-reactive ketones (excluding diaryl/α,β-unsaturated/α-hetero) is 2. The largest absolute Gasteiger partial charge is 0.483 e. The maximum Gasteiger partial charge on any atom is 0.408 e. The lowest BCUT2D eigenvalue weighted by molar-refractivity contribution is -0.143. The zero-order valence-electron chi connectivity index (χ0n) is 42.6. The molecule has 2 aliphatic carbocycles. The van der Waals surface area contributed by atoms with Crippen LogP contribution in [-0.4, -0.2) is 129 Å². The SMILES string of the molecule is CC(C)(C)OC(=O)N[C@H]1CCCCCCCCC[C@@H](C(=O)C(N)=O)NC(=O)[C@@H]2[C@@H]3[C@H](CN2C1=O)C3(C)C.CC1(C)[C@@H]2[C@H]3C(=O)N[C@H](C(=O)C(N)=O)CCCCCCCCC[C@H](N)C(=O)N3C[C@@H]21.O=CO. The lowest BCUT2D eigenvalue weighted by Crippen LogP contribution is -2.58. The van der Waals surface area contributed by atoms with Gasteiger partial charge in [0.25, 0.3) is 18.3 Å². The molecule has 10 atom stereocenters. The molecule has 6 aliphatic rings. The zero-order chi connectivity index (χ0) is 52.3. The highest BCUT2D eigenvalue weighted by Gasteiger charge is 2.70. The van der Waals surface area contributed by atoms with Gasteiger partial charge in [0.15, 0.2) is 0 Å². The van der Waals surface area contributed by atoms with Gasteiger partial charge in [0, 0.05) is 13.1 Å². The number of piperidine rings is 2. The number of carbonyl (C=O) groups excluding carboxylic acids is 9. The van der Waals surface area contributed by atoms with Gasteiger partial charge in [0.2, 0.25) is 35.2 Å². The summed E-state index contributed by atoms with van der Waals surface area (Å²) in [6, 6.07) is -4.81. The Morgan fingerprint density at radius 1 is 0.629 bits per heavy atom. The molecule has 4 aliphatic heterocycles. The van der Waals surface area contributed by atoms with Gasteiger partial charge in [-0.1, -0.05) is 118 Å². The highest BCUT2D eigenvalue weighted by atomic mass is 16.6. The van der Waals surface area contributed by atoms with Crippen LogP contribution in [-0.2, 0) is 47.9 Å². The normalized spacial score (nSPS) is 31.6. The highest BCUT2D eigenvalue weighted by molar-refractivity contribution is 6.38. The molecule has 0 aromatic rings. The van der Waals surface area contributed by atoms with Crippen LogP contribution in [0.1, 0.15) is 164 Å². The molecule has 0 radical (unpaired) electrons. The summed E-state index contributed by atoms with van der Waals surface area (Å²) in [5.41, 5.74) is 15.8. The molecule has 7 amide bonds. The molecule has 4 heterocycles. The molecule has 4 saturated heterocycles. The molecule has 0 bridgehead atoms. The number of carboxylic acid groups (broad SMARTS) is 1. The first-order valence-electron chi connectivity index (χ1n) is 25.5. The molecule has 0 aromatic heterocycles. The van der Waals surface area contributed by atoms with Crippen molar-refractivity contribution in [2.45, 2.75) is 206 Å². The minimum atomic E-state index is -1.08. The molecule has 0 aromatic carbocycles. The standard InChI is InChI=1S/C27H44N4O6.C22H36N4O4.CH2O2/c1-26(2,3)37-25(36)30-18-14-12-10-8-6-7-9-11-13-17(21(32)22(28)33)29-23(34)20-19-16(27(19,4)5)15-31(20)24(18)35;1-22(2)13-12-26-17(16(13)22)20(29)25-15(18(27)19(24)28)11-9-7-5-3-4-6-8-10-14(23)21(26)30;2-1-3/h16-20H,6-15H2,1-5H3,(H2,28,33)(H,29,34)(H,30,36);13-17H,3-12,23H2,1-2H3,(H2,24,28)(H,25,29);1H,(H,2,3)/t16-,17-,18-,19-,20-;13-,14-,15-,16-,17-;/m00./s1. The van der Waals surface area contributed by atoms with Gasteiger partial charge in [0.05, 0.1) is 18.1 Å². The number of nitrogens with two attached hydrogens (primary N) is 3. The fourth-order valence-electron chi connectivity index (χ4n) is 11.4. The number of fused-ring (bicyclic) bond motifs is 6. The first kappa shape index (κ1) is 57.4. The number of nitrogens with one attached hydrogen (secondary N) is 3. The summed E-state index contributed by atoms with van der Waals surface area (Å²) >= 11 is 0. The van der Waals surface area contributed by atoms with E-state index in [9.17, 15) is 43.2 Å². The Labute approximate surface area is 412 Å². The predicted octanol–water partition coefficient (Wildman–Crippen LogP) is 2.99. The van der Waals surface area contributed by atoms with Crippen molar-refractivity contribution in [2.24, 2.45) is 51.7 Å². The van der Waals surface area contributed by atoms with Gasteiger partial charge < -0.3 is 52.8 Å². The molecule has 6 rings (SSSR count). The zero-order valence-corrected chi connectivity index (χ0v) is 42.6. The summed E-state index contributed by atoms with van der Waals surface area (Å²) in [6.07, 6.45) is 14.2. The average Bonchev–Trinajstić information content (AvgIpc) is 3.72. The summed E-state index contributed by atoms with van der Waals surface area (Å²) in [5.74, 6) is -4.69. The van der Waals surface area contributed by atoms with E-state index >= 15 is 0 Å². The van der Waals surface area contributed by atoms with Crippen molar-refractivity contribution in [2.75, 3.05) is 13.1 Å². The van der Waals surface area contributed by atoms with Crippen LogP contribution in [0.5, 0.6) is 0 Å². The first-order chi connectivity index (χ1) is 32.8. The van der Waals surface area contributed by atoms with Crippen molar-refractivity contribution < 1.29 is 57.8 Å².